The first-order chi connectivity index (χ1) is 6.41. The first-order valence-electron chi connectivity index (χ1n) is 4.26. The molecular weight excluding hydrogens is 198 g/mol. The van der Waals surface area contributed by atoms with E-state index in [2.05, 4.69) is 25.8 Å². The highest BCUT2D eigenvalue weighted by Gasteiger charge is 2.19. The fourth-order valence-electron chi connectivity index (χ4n) is 1.08. The Hall–Kier alpha value is -1.16. The molecule has 1 N–H and O–H groups in total. The Bertz CT molecular complexity index is 360. The third-order valence-corrected chi connectivity index (χ3v) is 2.48. The molecule has 0 unspecified atom stereocenters. The van der Waals surface area contributed by atoms with Crippen molar-refractivity contribution in [2.24, 2.45) is 0 Å². The lowest BCUT2D eigenvalue weighted by atomic mass is 9.91. The van der Waals surface area contributed by atoms with Crippen molar-refractivity contribution in [3.05, 3.63) is 22.2 Å². The van der Waals surface area contributed by atoms with Gasteiger partial charge >= 0.3 is 5.97 Å². The highest BCUT2D eigenvalue weighted by atomic mass is 32.1. The molecule has 0 aliphatic rings. The summed E-state index contributed by atoms with van der Waals surface area (Å²) in [7, 11) is 0. The van der Waals surface area contributed by atoms with Gasteiger partial charge in [-0.3, -0.25) is 0 Å². The lowest BCUT2D eigenvalue weighted by Crippen LogP contribution is -2.12. The van der Waals surface area contributed by atoms with E-state index in [1.165, 1.54) is 11.3 Å². The summed E-state index contributed by atoms with van der Waals surface area (Å²) in [5.74, 6) is -0.932. The molecule has 0 saturated heterocycles. The second-order valence-electron chi connectivity index (χ2n) is 3.99. The zero-order valence-electron chi connectivity index (χ0n) is 8.44. The van der Waals surface area contributed by atoms with E-state index in [4.69, 9.17) is 5.11 Å². The number of aromatic nitrogens is 1. The van der Waals surface area contributed by atoms with Crippen molar-refractivity contribution in [3.8, 4) is 0 Å². The van der Waals surface area contributed by atoms with Crippen molar-refractivity contribution in [2.75, 3.05) is 0 Å². The Labute approximate surface area is 87.1 Å². The van der Waals surface area contributed by atoms with E-state index >= 15 is 0 Å². The number of thiazole rings is 1. The van der Waals surface area contributed by atoms with Crippen LogP contribution in [0.3, 0.4) is 0 Å². The van der Waals surface area contributed by atoms with E-state index in [9.17, 15) is 4.79 Å². The normalized spacial score (nSPS) is 12.2. The molecule has 76 valence electrons. The predicted molar refractivity (Wildman–Crippen MR) is 57.5 cm³/mol. The zero-order chi connectivity index (χ0) is 10.8. The average Bonchev–Trinajstić information content (AvgIpc) is 2.46. The van der Waals surface area contributed by atoms with Crippen molar-refractivity contribution in [2.45, 2.75) is 26.2 Å². The molecule has 0 fully saturated rings. The topological polar surface area (TPSA) is 50.2 Å². The number of nitrogens with zero attached hydrogens (tertiary/aromatic N) is 1. The van der Waals surface area contributed by atoms with E-state index in [1.807, 2.05) is 0 Å². The van der Waals surface area contributed by atoms with Gasteiger partial charge in [0.2, 0.25) is 0 Å². The Morgan fingerprint density at radius 2 is 2.21 bits per heavy atom. The highest BCUT2D eigenvalue weighted by Crippen LogP contribution is 2.27. The third kappa shape index (κ3) is 2.67. The van der Waals surface area contributed by atoms with Gasteiger partial charge in [0.05, 0.1) is 16.1 Å². The standard InChI is InChI=1S/C10H13NO2S/c1-10(2,3)9-7(14-6-11-9)4-5-8(12)13/h4-6H,1-3H3,(H,12,13)/b5-4+. The summed E-state index contributed by atoms with van der Waals surface area (Å²) >= 11 is 1.46. The van der Waals surface area contributed by atoms with E-state index in [1.54, 1.807) is 11.6 Å². The predicted octanol–water partition coefficient (Wildman–Crippen LogP) is 2.54. The number of carboxylic acid groups (broad SMARTS) is 1. The fraction of sp³-hybridized carbons (Fsp3) is 0.400. The first-order valence-corrected chi connectivity index (χ1v) is 5.14. The van der Waals surface area contributed by atoms with E-state index in [0.717, 1.165) is 16.6 Å². The van der Waals surface area contributed by atoms with Crippen LogP contribution in [0.15, 0.2) is 11.6 Å². The maximum atomic E-state index is 10.4. The Morgan fingerprint density at radius 3 is 2.71 bits per heavy atom. The molecule has 1 aromatic heterocycles. The number of carbonyl (C=O) groups is 1. The molecule has 0 aromatic carbocycles. The molecule has 0 aliphatic heterocycles. The molecule has 4 heteroatoms. The monoisotopic (exact) mass is 211 g/mol. The second kappa shape index (κ2) is 3.92. The summed E-state index contributed by atoms with van der Waals surface area (Å²) < 4.78 is 0. The minimum Gasteiger partial charge on any atom is -0.478 e. The van der Waals surface area contributed by atoms with Gasteiger partial charge in [-0.2, -0.15) is 0 Å². The zero-order valence-corrected chi connectivity index (χ0v) is 9.26. The SMILES string of the molecule is CC(C)(C)c1ncsc1/C=C/C(=O)O. The van der Waals surface area contributed by atoms with Crippen molar-refractivity contribution in [3.63, 3.8) is 0 Å². The van der Waals surface area contributed by atoms with Crippen LogP contribution >= 0.6 is 11.3 Å². The Balaban J connectivity index is 3.00. The van der Waals surface area contributed by atoms with Gasteiger partial charge in [0, 0.05) is 11.5 Å². The Morgan fingerprint density at radius 1 is 1.57 bits per heavy atom. The van der Waals surface area contributed by atoms with Gasteiger partial charge in [-0.25, -0.2) is 9.78 Å². The number of aliphatic carboxylic acids is 1. The van der Waals surface area contributed by atoms with Crippen LogP contribution in [0.1, 0.15) is 31.3 Å². The van der Waals surface area contributed by atoms with E-state index in [-0.39, 0.29) is 5.41 Å². The minimum absolute atomic E-state index is 0.0435. The van der Waals surface area contributed by atoms with Gasteiger partial charge in [-0.15, -0.1) is 11.3 Å². The van der Waals surface area contributed by atoms with Crippen molar-refractivity contribution < 1.29 is 9.90 Å². The molecule has 3 nitrogen and oxygen atoms in total. The molecule has 0 atom stereocenters. The third-order valence-electron chi connectivity index (χ3n) is 1.68. The molecule has 0 saturated carbocycles. The van der Waals surface area contributed by atoms with Gasteiger partial charge < -0.3 is 5.11 Å². The van der Waals surface area contributed by atoms with Crippen molar-refractivity contribution in [1.82, 2.24) is 4.98 Å². The van der Waals surface area contributed by atoms with Crippen LogP contribution in [0.5, 0.6) is 0 Å². The fourth-order valence-corrected chi connectivity index (χ4v) is 1.97. The molecule has 14 heavy (non-hydrogen) atoms. The van der Waals surface area contributed by atoms with Crippen molar-refractivity contribution in [1.29, 1.82) is 0 Å². The van der Waals surface area contributed by atoms with Crippen LogP contribution in [0.2, 0.25) is 0 Å². The molecule has 0 amide bonds. The van der Waals surface area contributed by atoms with Gasteiger partial charge in [0.15, 0.2) is 0 Å². The molecular formula is C10H13NO2S. The van der Waals surface area contributed by atoms with Crippen molar-refractivity contribution >= 4 is 23.4 Å². The smallest absolute Gasteiger partial charge is 0.328 e. The summed E-state index contributed by atoms with van der Waals surface area (Å²) in [5.41, 5.74) is 2.64. The summed E-state index contributed by atoms with van der Waals surface area (Å²) in [4.78, 5) is 15.5. The molecule has 0 bridgehead atoms. The maximum absolute atomic E-state index is 10.4. The van der Waals surface area contributed by atoms with Gasteiger partial charge in [0.1, 0.15) is 0 Å². The summed E-state index contributed by atoms with van der Waals surface area (Å²) in [6.45, 7) is 6.17. The average molecular weight is 211 g/mol. The minimum atomic E-state index is -0.932. The van der Waals surface area contributed by atoms with Crippen LogP contribution in [-0.2, 0) is 10.2 Å². The van der Waals surface area contributed by atoms with E-state index < -0.39 is 5.97 Å². The molecule has 1 heterocycles. The Kier molecular flexibility index (Phi) is 3.06. The number of carboxylic acids is 1. The lowest BCUT2D eigenvalue weighted by molar-refractivity contribution is -0.131. The summed E-state index contributed by atoms with van der Waals surface area (Å²) in [5, 5.41) is 8.50. The van der Waals surface area contributed by atoms with E-state index in [0.29, 0.717) is 0 Å². The van der Waals surface area contributed by atoms with Crippen LogP contribution in [0, 0.1) is 0 Å². The largest absolute Gasteiger partial charge is 0.478 e. The highest BCUT2D eigenvalue weighted by molar-refractivity contribution is 7.10. The quantitative estimate of drug-likeness (QED) is 0.765. The molecule has 0 spiro atoms. The number of hydrogen-bond donors (Lipinski definition) is 1. The van der Waals surface area contributed by atoms with Gasteiger partial charge in [-0.05, 0) is 6.08 Å². The van der Waals surface area contributed by atoms with Crippen LogP contribution < -0.4 is 0 Å². The van der Waals surface area contributed by atoms with Crippen LogP contribution in [-0.4, -0.2) is 16.1 Å². The molecule has 0 aliphatic carbocycles. The first kappa shape index (κ1) is 10.9. The number of hydrogen-bond acceptors (Lipinski definition) is 3. The number of rotatable bonds is 2. The van der Waals surface area contributed by atoms with Gasteiger partial charge in [-0.1, -0.05) is 20.8 Å². The maximum Gasteiger partial charge on any atom is 0.328 e. The summed E-state index contributed by atoms with van der Waals surface area (Å²) in [6, 6.07) is 0. The molecule has 1 rings (SSSR count). The second-order valence-corrected chi connectivity index (χ2v) is 4.87. The van der Waals surface area contributed by atoms with Crippen LogP contribution in [0.4, 0.5) is 0 Å². The molecule has 1 aromatic rings. The van der Waals surface area contributed by atoms with Gasteiger partial charge in [0.25, 0.3) is 0 Å². The molecule has 0 radical (unpaired) electrons. The van der Waals surface area contributed by atoms with Crippen LogP contribution in [0.25, 0.3) is 6.08 Å². The summed E-state index contributed by atoms with van der Waals surface area (Å²) in [6.07, 6.45) is 2.74. The lowest BCUT2D eigenvalue weighted by Gasteiger charge is -2.16.